The summed E-state index contributed by atoms with van der Waals surface area (Å²) in [5.41, 5.74) is 3.32. The number of nitrogens with zero attached hydrogens (tertiary/aromatic N) is 2. The largest absolute Gasteiger partial charge is 0.415 e. The van der Waals surface area contributed by atoms with Crippen LogP contribution in [0.5, 0.6) is 5.75 Å². The first-order chi connectivity index (χ1) is 16.8. The third kappa shape index (κ3) is 5.21. The second-order valence-electron chi connectivity index (χ2n) is 7.70. The monoisotopic (exact) mass is 597 g/mol. The van der Waals surface area contributed by atoms with E-state index in [0.717, 1.165) is 0 Å². The minimum atomic E-state index is -0.447. The number of hydrogen-bond donors (Lipinski definition) is 1. The minimum Gasteiger partial charge on any atom is -0.408 e. The maximum atomic E-state index is 12.9. The SMILES string of the molecule is CCN(CC)C(=O)Oc1c(Br)cc(/C=C2\C(=O)Nc3ccc(C(=O)c4cccnc4)cc32)cc1Br. The second kappa shape index (κ2) is 10.5. The molecule has 35 heavy (non-hydrogen) atoms. The Labute approximate surface area is 219 Å². The van der Waals surface area contributed by atoms with E-state index in [4.69, 9.17) is 4.74 Å². The fourth-order valence-electron chi connectivity index (χ4n) is 3.70. The Morgan fingerprint density at radius 1 is 1.06 bits per heavy atom. The summed E-state index contributed by atoms with van der Waals surface area (Å²) in [6.45, 7) is 4.83. The second-order valence-corrected chi connectivity index (χ2v) is 9.41. The topological polar surface area (TPSA) is 88.6 Å². The van der Waals surface area contributed by atoms with E-state index in [0.29, 0.717) is 61.3 Å². The zero-order valence-electron chi connectivity index (χ0n) is 19.0. The summed E-state index contributed by atoms with van der Waals surface area (Å²) >= 11 is 6.93. The van der Waals surface area contributed by atoms with Gasteiger partial charge < -0.3 is 15.0 Å². The number of ether oxygens (including phenoxy) is 1. The van der Waals surface area contributed by atoms with Gasteiger partial charge in [0.2, 0.25) is 0 Å². The Bertz CT molecular complexity index is 1330. The summed E-state index contributed by atoms with van der Waals surface area (Å²) in [7, 11) is 0. The number of nitrogens with one attached hydrogen (secondary N) is 1. The minimum absolute atomic E-state index is 0.176. The van der Waals surface area contributed by atoms with Crippen LogP contribution in [0.25, 0.3) is 11.6 Å². The predicted molar refractivity (Wildman–Crippen MR) is 141 cm³/mol. The molecule has 0 bridgehead atoms. The number of fused-ring (bicyclic) bond motifs is 1. The van der Waals surface area contributed by atoms with Crippen molar-refractivity contribution < 1.29 is 19.1 Å². The maximum Gasteiger partial charge on any atom is 0.415 e. The molecule has 7 nitrogen and oxygen atoms in total. The van der Waals surface area contributed by atoms with Crippen LogP contribution in [-0.2, 0) is 4.79 Å². The van der Waals surface area contributed by atoms with Crippen molar-refractivity contribution in [1.29, 1.82) is 0 Å². The molecule has 1 aliphatic rings. The number of rotatable bonds is 6. The van der Waals surface area contributed by atoms with E-state index in [1.165, 1.54) is 6.20 Å². The summed E-state index contributed by atoms with van der Waals surface area (Å²) in [6, 6.07) is 12.0. The van der Waals surface area contributed by atoms with Gasteiger partial charge in [0.1, 0.15) is 0 Å². The Hall–Kier alpha value is -3.30. The van der Waals surface area contributed by atoms with Gasteiger partial charge in [-0.25, -0.2) is 4.79 Å². The Morgan fingerprint density at radius 3 is 2.40 bits per heavy atom. The van der Waals surface area contributed by atoms with Crippen molar-refractivity contribution in [3.8, 4) is 5.75 Å². The molecule has 1 aromatic heterocycles. The molecule has 0 radical (unpaired) electrons. The van der Waals surface area contributed by atoms with Crippen molar-refractivity contribution in [3.05, 3.63) is 86.1 Å². The lowest BCUT2D eigenvalue weighted by atomic mass is 9.98. The molecule has 0 atom stereocenters. The fraction of sp³-hybridized carbons (Fsp3) is 0.154. The standard InChI is InChI=1S/C26H21Br2N3O4/c1-3-31(4-2)26(34)35-24-20(27)11-15(12-21(24)28)10-19-18-13-16(7-8-22(18)30-25(19)33)23(32)17-6-5-9-29-14-17/h5-14H,3-4H2,1-2H3,(H,30,33)/b19-10-. The first-order valence-electron chi connectivity index (χ1n) is 10.9. The van der Waals surface area contributed by atoms with Crippen molar-refractivity contribution in [2.45, 2.75) is 13.8 Å². The molecule has 2 heterocycles. The summed E-state index contributed by atoms with van der Waals surface area (Å²) in [5.74, 6) is -0.0932. The van der Waals surface area contributed by atoms with Gasteiger partial charge in [-0.3, -0.25) is 14.6 Å². The van der Waals surface area contributed by atoms with Crippen LogP contribution < -0.4 is 10.1 Å². The zero-order chi connectivity index (χ0) is 25.1. The molecule has 2 aromatic carbocycles. The number of aromatic nitrogens is 1. The smallest absolute Gasteiger partial charge is 0.408 e. The molecule has 4 rings (SSSR count). The van der Waals surface area contributed by atoms with Crippen LogP contribution in [0, 0.1) is 0 Å². The number of amides is 2. The Morgan fingerprint density at radius 2 is 1.77 bits per heavy atom. The van der Waals surface area contributed by atoms with Gasteiger partial charge in [-0.1, -0.05) is 0 Å². The lowest BCUT2D eigenvalue weighted by molar-refractivity contribution is -0.110. The third-order valence-electron chi connectivity index (χ3n) is 5.53. The van der Waals surface area contributed by atoms with Crippen LogP contribution in [0.3, 0.4) is 0 Å². The summed E-state index contributed by atoms with van der Waals surface area (Å²) < 4.78 is 6.67. The van der Waals surface area contributed by atoms with Gasteiger partial charge in [0.25, 0.3) is 5.91 Å². The van der Waals surface area contributed by atoms with Gasteiger partial charge in [0, 0.05) is 53.4 Å². The third-order valence-corrected chi connectivity index (χ3v) is 6.71. The molecule has 0 spiro atoms. The Balaban J connectivity index is 1.66. The first kappa shape index (κ1) is 24.8. The number of halogens is 2. The number of ketones is 1. The van der Waals surface area contributed by atoms with E-state index >= 15 is 0 Å². The normalized spacial score (nSPS) is 13.4. The van der Waals surface area contributed by atoms with Gasteiger partial charge in [-0.05, 0) is 99.8 Å². The molecule has 0 fully saturated rings. The van der Waals surface area contributed by atoms with Crippen LogP contribution >= 0.6 is 31.9 Å². The highest BCUT2D eigenvalue weighted by Crippen LogP contribution is 2.38. The van der Waals surface area contributed by atoms with E-state index in [2.05, 4.69) is 42.2 Å². The first-order valence-corrected chi connectivity index (χ1v) is 12.5. The number of benzene rings is 2. The number of hydrogen-bond acceptors (Lipinski definition) is 5. The van der Waals surface area contributed by atoms with Crippen molar-refractivity contribution in [1.82, 2.24) is 9.88 Å². The average molecular weight is 599 g/mol. The van der Waals surface area contributed by atoms with E-state index in [9.17, 15) is 14.4 Å². The molecule has 3 aromatic rings. The van der Waals surface area contributed by atoms with Crippen LogP contribution in [0.1, 0.15) is 40.9 Å². The van der Waals surface area contributed by atoms with Crippen molar-refractivity contribution >= 4 is 67.0 Å². The quantitative estimate of drug-likeness (QED) is 0.271. The highest BCUT2D eigenvalue weighted by Gasteiger charge is 2.26. The lowest BCUT2D eigenvalue weighted by Crippen LogP contribution is -2.33. The molecule has 178 valence electrons. The van der Waals surface area contributed by atoms with Gasteiger partial charge in [0.15, 0.2) is 11.5 Å². The molecule has 0 saturated carbocycles. The highest BCUT2D eigenvalue weighted by molar-refractivity contribution is 9.11. The number of carbonyl (C=O) groups excluding carboxylic acids is 3. The van der Waals surface area contributed by atoms with Gasteiger partial charge in [0.05, 0.1) is 8.95 Å². The van der Waals surface area contributed by atoms with Gasteiger partial charge in [-0.15, -0.1) is 0 Å². The fourth-order valence-corrected chi connectivity index (χ4v) is 5.08. The van der Waals surface area contributed by atoms with Crippen molar-refractivity contribution in [2.75, 3.05) is 18.4 Å². The maximum absolute atomic E-state index is 12.9. The van der Waals surface area contributed by atoms with Gasteiger partial charge in [-0.2, -0.15) is 0 Å². The average Bonchev–Trinajstić information content (AvgIpc) is 3.16. The summed E-state index contributed by atoms with van der Waals surface area (Å²) in [4.78, 5) is 43.6. The molecule has 1 N–H and O–H groups in total. The molecule has 0 unspecified atom stereocenters. The zero-order valence-corrected chi connectivity index (χ0v) is 22.1. The van der Waals surface area contributed by atoms with Gasteiger partial charge >= 0.3 is 6.09 Å². The van der Waals surface area contributed by atoms with Crippen LogP contribution in [0.2, 0.25) is 0 Å². The van der Waals surface area contributed by atoms with Crippen molar-refractivity contribution in [2.24, 2.45) is 0 Å². The van der Waals surface area contributed by atoms with E-state index < -0.39 is 6.09 Å². The molecular formula is C26H21Br2N3O4. The molecule has 0 saturated heterocycles. The predicted octanol–water partition coefficient (Wildman–Crippen LogP) is 6.17. The number of anilines is 1. The highest BCUT2D eigenvalue weighted by atomic mass is 79.9. The number of carbonyl (C=O) groups is 3. The molecular weight excluding hydrogens is 578 g/mol. The number of pyridine rings is 1. The molecule has 2 amide bonds. The van der Waals surface area contributed by atoms with E-state index in [1.54, 1.807) is 59.6 Å². The molecule has 1 aliphatic heterocycles. The molecule has 0 aliphatic carbocycles. The lowest BCUT2D eigenvalue weighted by Gasteiger charge is -2.19. The van der Waals surface area contributed by atoms with Crippen LogP contribution in [0.4, 0.5) is 10.5 Å². The van der Waals surface area contributed by atoms with Crippen LogP contribution in [-0.4, -0.2) is 40.8 Å². The van der Waals surface area contributed by atoms with E-state index in [1.807, 2.05) is 13.8 Å². The summed E-state index contributed by atoms with van der Waals surface area (Å²) in [5, 5.41) is 2.84. The summed E-state index contributed by atoms with van der Waals surface area (Å²) in [6.07, 6.45) is 4.40. The molecule has 9 heteroatoms. The van der Waals surface area contributed by atoms with Crippen LogP contribution in [0.15, 0.2) is 63.8 Å². The van der Waals surface area contributed by atoms with E-state index in [-0.39, 0.29) is 11.7 Å². The van der Waals surface area contributed by atoms with Crippen molar-refractivity contribution in [3.63, 3.8) is 0 Å². The Kier molecular flexibility index (Phi) is 7.47.